The highest BCUT2D eigenvalue weighted by atomic mass is 79.9. The van der Waals surface area contributed by atoms with Gasteiger partial charge in [-0.05, 0) is 34.1 Å². The number of nitro benzene ring substituents is 1. The highest BCUT2D eigenvalue weighted by Crippen LogP contribution is 2.28. The van der Waals surface area contributed by atoms with Gasteiger partial charge in [0.1, 0.15) is 12.4 Å². The van der Waals surface area contributed by atoms with Gasteiger partial charge < -0.3 is 4.74 Å². The van der Waals surface area contributed by atoms with E-state index in [1.54, 1.807) is 17.4 Å². The van der Waals surface area contributed by atoms with Crippen molar-refractivity contribution in [1.82, 2.24) is 0 Å². The summed E-state index contributed by atoms with van der Waals surface area (Å²) in [5.41, 5.74) is 0.633. The summed E-state index contributed by atoms with van der Waals surface area (Å²) < 4.78 is 6.68. The molecule has 0 aliphatic rings. The van der Waals surface area contributed by atoms with E-state index in [1.165, 1.54) is 12.1 Å². The van der Waals surface area contributed by atoms with E-state index in [1.807, 2.05) is 12.1 Å². The second-order valence-corrected chi connectivity index (χ2v) is 6.49. The maximum Gasteiger partial charge on any atom is 0.270 e. The number of thiophene rings is 1. The van der Waals surface area contributed by atoms with E-state index >= 15 is 0 Å². The van der Waals surface area contributed by atoms with Gasteiger partial charge in [0.15, 0.2) is 0 Å². The predicted octanol–water partition coefficient (Wildman–Crippen LogP) is 4.74. The molecule has 1 aromatic heterocycles. The van der Waals surface area contributed by atoms with Crippen LogP contribution in [-0.2, 0) is 12.5 Å². The molecule has 1 aromatic carbocycles. The second kappa shape index (κ2) is 6.36. The first-order valence-electron chi connectivity index (χ1n) is 5.30. The number of hydrogen-bond donors (Lipinski definition) is 0. The van der Waals surface area contributed by atoms with Crippen molar-refractivity contribution in [1.29, 1.82) is 0 Å². The number of halogens is 2. The van der Waals surface area contributed by atoms with Crippen LogP contribution in [0.5, 0.6) is 5.75 Å². The summed E-state index contributed by atoms with van der Waals surface area (Å²) in [5, 5.41) is 10.7. The summed E-state index contributed by atoms with van der Waals surface area (Å²) in [6.07, 6.45) is 0. The largest absolute Gasteiger partial charge is 0.488 e. The summed E-state index contributed by atoms with van der Waals surface area (Å²) in [6.45, 7) is 0.415. The molecule has 2 aromatic rings. The molecular weight excluding hydrogens is 354 g/mol. The molecule has 1 heterocycles. The minimum Gasteiger partial charge on any atom is -0.488 e. The Kier molecular flexibility index (Phi) is 4.79. The first-order chi connectivity index (χ1) is 9.10. The molecule has 0 spiro atoms. The van der Waals surface area contributed by atoms with Crippen molar-refractivity contribution in [2.45, 2.75) is 12.5 Å². The molecule has 2 rings (SSSR count). The van der Waals surface area contributed by atoms with Gasteiger partial charge in [0.2, 0.25) is 0 Å². The number of ether oxygens (including phenoxy) is 1. The van der Waals surface area contributed by atoms with E-state index < -0.39 is 4.92 Å². The van der Waals surface area contributed by atoms with Crippen LogP contribution < -0.4 is 4.74 Å². The SMILES string of the molecule is O=[N+]([O-])c1ccc(OCc2ccc(Br)s2)c(CCl)c1. The quantitative estimate of drug-likeness (QED) is 0.439. The van der Waals surface area contributed by atoms with E-state index in [4.69, 9.17) is 16.3 Å². The number of alkyl halides is 1. The first kappa shape index (κ1) is 14.3. The van der Waals surface area contributed by atoms with E-state index in [9.17, 15) is 10.1 Å². The van der Waals surface area contributed by atoms with Crippen LogP contribution in [0.15, 0.2) is 34.1 Å². The third kappa shape index (κ3) is 3.68. The summed E-state index contributed by atoms with van der Waals surface area (Å²) in [7, 11) is 0. The molecule has 0 aliphatic carbocycles. The lowest BCUT2D eigenvalue weighted by molar-refractivity contribution is -0.384. The van der Waals surface area contributed by atoms with Crippen LogP contribution in [0.3, 0.4) is 0 Å². The van der Waals surface area contributed by atoms with Gasteiger partial charge in [-0.3, -0.25) is 10.1 Å². The molecule has 4 nitrogen and oxygen atoms in total. The zero-order valence-corrected chi connectivity index (χ0v) is 12.8. The van der Waals surface area contributed by atoms with Gasteiger partial charge in [-0.25, -0.2) is 0 Å². The van der Waals surface area contributed by atoms with Crippen molar-refractivity contribution in [3.8, 4) is 5.75 Å². The summed E-state index contributed by atoms with van der Waals surface area (Å²) in [4.78, 5) is 11.3. The molecule has 0 bridgehead atoms. The van der Waals surface area contributed by atoms with E-state index in [0.29, 0.717) is 17.9 Å². The van der Waals surface area contributed by atoms with E-state index in [-0.39, 0.29) is 11.6 Å². The molecule has 0 atom stereocenters. The lowest BCUT2D eigenvalue weighted by atomic mass is 10.2. The lowest BCUT2D eigenvalue weighted by Gasteiger charge is -2.08. The topological polar surface area (TPSA) is 52.4 Å². The summed E-state index contributed by atoms with van der Waals surface area (Å²) >= 11 is 10.7. The van der Waals surface area contributed by atoms with Crippen molar-refractivity contribution in [3.05, 3.63) is 54.7 Å². The Morgan fingerprint density at radius 1 is 1.37 bits per heavy atom. The Morgan fingerprint density at radius 2 is 2.16 bits per heavy atom. The van der Waals surface area contributed by atoms with Crippen LogP contribution in [0.2, 0.25) is 0 Å². The average molecular weight is 363 g/mol. The zero-order valence-electron chi connectivity index (χ0n) is 9.64. The Balaban J connectivity index is 2.13. The maximum atomic E-state index is 10.7. The highest BCUT2D eigenvalue weighted by molar-refractivity contribution is 9.11. The van der Waals surface area contributed by atoms with E-state index in [0.717, 1.165) is 8.66 Å². The molecule has 100 valence electrons. The second-order valence-electron chi connectivity index (χ2n) is 3.68. The minimum atomic E-state index is -0.448. The number of hydrogen-bond acceptors (Lipinski definition) is 4. The fourth-order valence-electron chi connectivity index (χ4n) is 1.50. The molecule has 0 fully saturated rings. The third-order valence-corrected chi connectivity index (χ3v) is 4.28. The molecule has 0 N–H and O–H groups in total. The molecule has 0 aliphatic heterocycles. The molecular formula is C12H9BrClNO3S. The number of non-ortho nitro benzene ring substituents is 1. The standard InChI is InChI=1S/C12H9BrClNO3S/c13-12-4-2-10(19-12)7-18-11-3-1-9(15(16)17)5-8(11)6-14/h1-5H,6-7H2. The molecule has 0 saturated carbocycles. The van der Waals surface area contributed by atoms with Crippen molar-refractivity contribution >= 4 is 44.6 Å². The van der Waals surface area contributed by atoms with Gasteiger partial charge in [-0.2, -0.15) is 0 Å². The van der Waals surface area contributed by atoms with Crippen LogP contribution >= 0.6 is 38.9 Å². The minimum absolute atomic E-state index is 0.0156. The zero-order chi connectivity index (χ0) is 13.8. The molecule has 7 heteroatoms. The van der Waals surface area contributed by atoms with Gasteiger partial charge in [-0.1, -0.05) is 0 Å². The van der Waals surface area contributed by atoms with Crippen LogP contribution in [0.1, 0.15) is 10.4 Å². The predicted molar refractivity (Wildman–Crippen MR) is 79.0 cm³/mol. The van der Waals surface area contributed by atoms with E-state index in [2.05, 4.69) is 15.9 Å². The Morgan fingerprint density at radius 3 is 2.74 bits per heavy atom. The number of nitro groups is 1. The smallest absolute Gasteiger partial charge is 0.270 e. The van der Waals surface area contributed by atoms with Gasteiger partial charge in [0, 0.05) is 22.6 Å². The summed E-state index contributed by atoms with van der Waals surface area (Å²) in [6, 6.07) is 8.34. The lowest BCUT2D eigenvalue weighted by Crippen LogP contribution is -1.97. The first-order valence-corrected chi connectivity index (χ1v) is 7.45. The normalized spacial score (nSPS) is 10.4. The van der Waals surface area contributed by atoms with Crippen LogP contribution in [0.25, 0.3) is 0 Å². The summed E-state index contributed by atoms with van der Waals surface area (Å²) in [5.74, 6) is 0.746. The van der Waals surface area contributed by atoms with Crippen LogP contribution in [-0.4, -0.2) is 4.92 Å². The van der Waals surface area contributed by atoms with Crippen molar-refractivity contribution in [2.75, 3.05) is 0 Å². The van der Waals surface area contributed by atoms with Crippen LogP contribution in [0, 0.1) is 10.1 Å². The molecule has 0 amide bonds. The fraction of sp³-hybridized carbons (Fsp3) is 0.167. The monoisotopic (exact) mass is 361 g/mol. The molecule has 0 saturated heterocycles. The number of rotatable bonds is 5. The number of benzene rings is 1. The maximum absolute atomic E-state index is 10.7. The Hall–Kier alpha value is -1.11. The highest BCUT2D eigenvalue weighted by Gasteiger charge is 2.11. The Bertz CT molecular complexity index is 602. The molecule has 0 radical (unpaired) electrons. The molecule has 0 unspecified atom stereocenters. The van der Waals surface area contributed by atoms with Crippen molar-refractivity contribution in [3.63, 3.8) is 0 Å². The number of nitrogens with zero attached hydrogens (tertiary/aromatic N) is 1. The van der Waals surface area contributed by atoms with Gasteiger partial charge in [0.05, 0.1) is 14.6 Å². The fourth-order valence-corrected chi connectivity index (χ4v) is 3.11. The molecule has 19 heavy (non-hydrogen) atoms. The van der Waals surface area contributed by atoms with Crippen molar-refractivity contribution in [2.24, 2.45) is 0 Å². The Labute approximate surface area is 127 Å². The van der Waals surface area contributed by atoms with Gasteiger partial charge in [-0.15, -0.1) is 22.9 Å². The van der Waals surface area contributed by atoms with Gasteiger partial charge in [0.25, 0.3) is 5.69 Å². The van der Waals surface area contributed by atoms with Gasteiger partial charge >= 0.3 is 0 Å². The third-order valence-electron chi connectivity index (χ3n) is 2.40. The average Bonchev–Trinajstić information content (AvgIpc) is 2.81. The van der Waals surface area contributed by atoms with Crippen molar-refractivity contribution < 1.29 is 9.66 Å². The van der Waals surface area contributed by atoms with Crippen LogP contribution in [0.4, 0.5) is 5.69 Å².